The van der Waals surface area contributed by atoms with Crippen LogP contribution in [0.2, 0.25) is 0 Å². The molecular formula is C20H35N5O5. The standard InChI is InChI=1S/C19H33N5O3.CH2O2/c1-4-11-27-17-6-5-14(12-16(17)22-18(25)13-24(2)3)19(26)20-9-7-15-8-10-21-23-15;2-1-3/h8,10,14,16-17H,4-7,9,11-13H2,1-3H3,(H,20,26)(H,21,23)(H,22,25);1H,(H,2,3)/t14-,16+,17+;/m0./s1. The highest BCUT2D eigenvalue weighted by Crippen LogP contribution is 2.27. The second kappa shape index (κ2) is 14.5. The highest BCUT2D eigenvalue weighted by atomic mass is 16.5. The van der Waals surface area contributed by atoms with E-state index in [1.165, 1.54) is 0 Å². The van der Waals surface area contributed by atoms with Crippen LogP contribution >= 0.6 is 0 Å². The van der Waals surface area contributed by atoms with Crippen molar-refractivity contribution in [2.45, 2.75) is 51.2 Å². The third-order valence-electron chi connectivity index (χ3n) is 4.75. The zero-order chi connectivity index (χ0) is 22.4. The van der Waals surface area contributed by atoms with Gasteiger partial charge in [-0.25, -0.2) is 0 Å². The first-order valence-corrected chi connectivity index (χ1v) is 10.3. The van der Waals surface area contributed by atoms with Gasteiger partial charge in [-0.15, -0.1) is 0 Å². The number of aromatic amines is 1. The Balaban J connectivity index is 0.00000141. The lowest BCUT2D eigenvalue weighted by Crippen LogP contribution is -2.52. The van der Waals surface area contributed by atoms with Crippen LogP contribution in [0.1, 0.15) is 38.3 Å². The van der Waals surface area contributed by atoms with E-state index in [0.29, 0.717) is 26.1 Å². The molecule has 4 N–H and O–H groups in total. The molecule has 0 saturated heterocycles. The Morgan fingerprint density at radius 1 is 1.40 bits per heavy atom. The van der Waals surface area contributed by atoms with Gasteiger partial charge in [0.2, 0.25) is 11.8 Å². The molecular weight excluding hydrogens is 390 g/mol. The van der Waals surface area contributed by atoms with Crippen LogP contribution in [0.5, 0.6) is 0 Å². The normalized spacial score (nSPS) is 20.7. The number of rotatable bonds is 10. The Morgan fingerprint density at radius 3 is 2.73 bits per heavy atom. The molecule has 1 heterocycles. The molecule has 10 nitrogen and oxygen atoms in total. The number of amides is 2. The summed E-state index contributed by atoms with van der Waals surface area (Å²) in [5, 5.41) is 19.8. The molecule has 2 rings (SSSR count). The number of carbonyl (C=O) groups is 3. The van der Waals surface area contributed by atoms with Gasteiger partial charge in [0.25, 0.3) is 6.47 Å². The van der Waals surface area contributed by atoms with Crippen molar-refractivity contribution in [3.05, 3.63) is 18.0 Å². The van der Waals surface area contributed by atoms with E-state index in [-0.39, 0.29) is 36.4 Å². The van der Waals surface area contributed by atoms with Crippen LogP contribution in [-0.2, 0) is 25.5 Å². The Morgan fingerprint density at radius 2 is 2.13 bits per heavy atom. The summed E-state index contributed by atoms with van der Waals surface area (Å²) in [7, 11) is 3.73. The first kappa shape index (κ1) is 25.6. The molecule has 1 saturated carbocycles. The van der Waals surface area contributed by atoms with Crippen molar-refractivity contribution in [2.75, 3.05) is 33.8 Å². The number of ether oxygens (including phenoxy) is 1. The quantitative estimate of drug-likeness (QED) is 0.399. The van der Waals surface area contributed by atoms with Crippen LogP contribution in [0.4, 0.5) is 0 Å². The summed E-state index contributed by atoms with van der Waals surface area (Å²) in [4.78, 5) is 35.0. The van der Waals surface area contributed by atoms with Gasteiger partial charge in [0, 0.05) is 37.4 Å². The minimum Gasteiger partial charge on any atom is -0.483 e. The van der Waals surface area contributed by atoms with Crippen LogP contribution in [-0.4, -0.2) is 84.4 Å². The van der Waals surface area contributed by atoms with E-state index in [1.54, 1.807) is 6.20 Å². The number of carbonyl (C=O) groups excluding carboxylic acids is 2. The molecule has 1 aliphatic carbocycles. The molecule has 1 aliphatic rings. The predicted molar refractivity (Wildman–Crippen MR) is 112 cm³/mol. The van der Waals surface area contributed by atoms with Crippen molar-refractivity contribution < 1.29 is 24.2 Å². The smallest absolute Gasteiger partial charge is 0.290 e. The summed E-state index contributed by atoms with van der Waals surface area (Å²) < 4.78 is 5.94. The lowest BCUT2D eigenvalue weighted by molar-refractivity contribution is -0.130. The molecule has 3 atom stereocenters. The fraction of sp³-hybridized carbons (Fsp3) is 0.700. The number of carboxylic acid groups (broad SMARTS) is 1. The molecule has 2 amide bonds. The first-order chi connectivity index (χ1) is 14.4. The molecule has 170 valence electrons. The summed E-state index contributed by atoms with van der Waals surface area (Å²) in [6.45, 7) is 3.40. The van der Waals surface area contributed by atoms with Gasteiger partial charge in [-0.1, -0.05) is 6.92 Å². The van der Waals surface area contributed by atoms with Crippen molar-refractivity contribution in [1.29, 1.82) is 0 Å². The fourth-order valence-electron chi connectivity index (χ4n) is 3.43. The van der Waals surface area contributed by atoms with Crippen LogP contribution in [0, 0.1) is 5.92 Å². The summed E-state index contributed by atoms with van der Waals surface area (Å²) in [5.41, 5.74) is 1.00. The Hall–Kier alpha value is -2.46. The van der Waals surface area contributed by atoms with E-state index >= 15 is 0 Å². The maximum absolute atomic E-state index is 12.6. The zero-order valence-corrected chi connectivity index (χ0v) is 18.1. The monoisotopic (exact) mass is 425 g/mol. The van der Waals surface area contributed by atoms with E-state index in [1.807, 2.05) is 25.1 Å². The van der Waals surface area contributed by atoms with Gasteiger partial charge in [0.05, 0.1) is 18.7 Å². The number of hydrogen-bond acceptors (Lipinski definition) is 6. The average Bonchev–Trinajstić information content (AvgIpc) is 3.20. The second-order valence-electron chi connectivity index (χ2n) is 7.56. The van der Waals surface area contributed by atoms with Gasteiger partial charge in [0.1, 0.15) is 0 Å². The lowest BCUT2D eigenvalue weighted by atomic mass is 9.83. The van der Waals surface area contributed by atoms with Gasteiger partial charge in [0.15, 0.2) is 0 Å². The minimum absolute atomic E-state index is 0.0231. The molecule has 1 aromatic rings. The number of likely N-dealkylation sites (N-methyl/N-ethyl adjacent to an activating group) is 1. The average molecular weight is 426 g/mol. The molecule has 0 radical (unpaired) electrons. The van der Waals surface area contributed by atoms with Crippen molar-refractivity contribution >= 4 is 18.3 Å². The Kier molecular flexibility index (Phi) is 12.4. The molecule has 10 heteroatoms. The minimum atomic E-state index is -0.250. The number of hydrogen-bond donors (Lipinski definition) is 4. The van der Waals surface area contributed by atoms with Crippen molar-refractivity contribution in [3.63, 3.8) is 0 Å². The van der Waals surface area contributed by atoms with Crippen LogP contribution < -0.4 is 10.6 Å². The highest BCUT2D eigenvalue weighted by molar-refractivity contribution is 5.80. The van der Waals surface area contributed by atoms with Gasteiger partial charge in [-0.2, -0.15) is 5.10 Å². The van der Waals surface area contributed by atoms with E-state index in [2.05, 4.69) is 27.8 Å². The molecule has 0 spiro atoms. The largest absolute Gasteiger partial charge is 0.483 e. The lowest BCUT2D eigenvalue weighted by Gasteiger charge is -2.36. The fourth-order valence-corrected chi connectivity index (χ4v) is 3.43. The van der Waals surface area contributed by atoms with Crippen molar-refractivity contribution in [1.82, 2.24) is 25.7 Å². The number of nitrogens with zero attached hydrogens (tertiary/aromatic N) is 2. The number of H-pyrrole nitrogens is 1. The maximum Gasteiger partial charge on any atom is 0.290 e. The van der Waals surface area contributed by atoms with E-state index in [4.69, 9.17) is 14.6 Å². The summed E-state index contributed by atoms with van der Waals surface area (Å²) in [6, 6.07) is 1.78. The predicted octanol–water partition coefficient (Wildman–Crippen LogP) is 0.411. The van der Waals surface area contributed by atoms with Gasteiger partial charge >= 0.3 is 0 Å². The third kappa shape index (κ3) is 9.84. The summed E-state index contributed by atoms with van der Waals surface area (Å²) in [6.07, 6.45) is 5.52. The van der Waals surface area contributed by atoms with E-state index < -0.39 is 0 Å². The van der Waals surface area contributed by atoms with Gasteiger partial charge in [-0.05, 0) is 45.8 Å². The summed E-state index contributed by atoms with van der Waals surface area (Å²) >= 11 is 0. The first-order valence-electron chi connectivity index (χ1n) is 10.3. The maximum atomic E-state index is 12.6. The second-order valence-corrected chi connectivity index (χ2v) is 7.56. The Bertz CT molecular complexity index is 623. The topological polar surface area (TPSA) is 137 Å². The third-order valence-corrected chi connectivity index (χ3v) is 4.75. The number of aromatic nitrogens is 2. The van der Waals surface area contributed by atoms with Gasteiger partial charge < -0.3 is 25.4 Å². The van der Waals surface area contributed by atoms with Crippen LogP contribution in [0.25, 0.3) is 0 Å². The SMILES string of the molecule is CCCO[C@@H]1CC[C@H](C(=O)NCCc2ccn[nH]2)C[C@H]1NC(=O)CN(C)C.O=CO. The zero-order valence-electron chi connectivity index (χ0n) is 18.1. The highest BCUT2D eigenvalue weighted by Gasteiger charge is 2.35. The van der Waals surface area contributed by atoms with Crippen LogP contribution in [0.15, 0.2) is 12.3 Å². The molecule has 0 aromatic carbocycles. The molecule has 0 unspecified atom stereocenters. The molecule has 1 fully saturated rings. The summed E-state index contributed by atoms with van der Waals surface area (Å²) in [5.74, 6) is -0.0800. The van der Waals surface area contributed by atoms with Crippen LogP contribution in [0.3, 0.4) is 0 Å². The molecule has 0 aliphatic heterocycles. The van der Waals surface area contributed by atoms with Crippen molar-refractivity contribution in [3.8, 4) is 0 Å². The number of nitrogens with one attached hydrogen (secondary N) is 3. The molecule has 30 heavy (non-hydrogen) atoms. The molecule has 1 aromatic heterocycles. The Labute approximate surface area is 177 Å². The van der Waals surface area contributed by atoms with Crippen molar-refractivity contribution in [2.24, 2.45) is 5.92 Å². The molecule has 0 bridgehead atoms. The van der Waals surface area contributed by atoms with Gasteiger partial charge in [-0.3, -0.25) is 19.5 Å². The van der Waals surface area contributed by atoms with E-state index in [9.17, 15) is 9.59 Å². The van der Waals surface area contributed by atoms with E-state index in [0.717, 1.165) is 31.4 Å².